The third-order valence-corrected chi connectivity index (χ3v) is 7.08. The van der Waals surface area contributed by atoms with Crippen molar-refractivity contribution in [3.05, 3.63) is 52.0 Å². The molecule has 2 aromatic rings. The standard InChI is InChI=1S/C23H28Cl2N4O/c1-15-10-19(27-23(30)28-20-12-17(24)11-18(25)13-20)5-6-22(15)29(9-3-4-16(29)2)21-7-8-26-14-21/h5-6,10-13,16,21,26H,3-4,7-9,14H2,1-2H3,(H-,27,28,30)/p+1. The van der Waals surface area contributed by atoms with E-state index in [1.165, 1.54) is 37.1 Å². The van der Waals surface area contributed by atoms with Gasteiger partial charge in [-0.25, -0.2) is 4.79 Å². The fraction of sp³-hybridized carbons (Fsp3) is 0.435. The van der Waals surface area contributed by atoms with Crippen LogP contribution in [0.15, 0.2) is 36.4 Å². The van der Waals surface area contributed by atoms with Gasteiger partial charge in [0.2, 0.25) is 0 Å². The van der Waals surface area contributed by atoms with E-state index in [1.54, 1.807) is 18.2 Å². The molecule has 2 amide bonds. The number of hydrogen-bond donors (Lipinski definition) is 3. The summed E-state index contributed by atoms with van der Waals surface area (Å²) in [6, 6.07) is 12.2. The Hall–Kier alpha value is -1.79. The Morgan fingerprint density at radius 1 is 1.07 bits per heavy atom. The average molecular weight is 448 g/mol. The predicted octanol–water partition coefficient (Wildman–Crippen LogP) is 5.80. The summed E-state index contributed by atoms with van der Waals surface area (Å²) in [5, 5.41) is 10.2. The van der Waals surface area contributed by atoms with E-state index in [0.717, 1.165) is 23.3 Å². The second-order valence-electron chi connectivity index (χ2n) is 8.53. The van der Waals surface area contributed by atoms with Crippen LogP contribution in [0.5, 0.6) is 0 Å². The van der Waals surface area contributed by atoms with Crippen molar-refractivity contribution in [3.8, 4) is 0 Å². The van der Waals surface area contributed by atoms with Crippen molar-refractivity contribution < 1.29 is 4.79 Å². The maximum Gasteiger partial charge on any atom is 0.323 e. The number of carbonyl (C=O) groups excluding carboxylic acids is 1. The Labute approximate surface area is 188 Å². The number of hydrogen-bond acceptors (Lipinski definition) is 2. The summed E-state index contributed by atoms with van der Waals surface area (Å²) in [5.74, 6) is 0. The summed E-state index contributed by atoms with van der Waals surface area (Å²) in [7, 11) is 0. The van der Waals surface area contributed by atoms with Gasteiger partial charge < -0.3 is 16.0 Å². The van der Waals surface area contributed by atoms with Gasteiger partial charge in [0, 0.05) is 65.4 Å². The lowest BCUT2D eigenvalue weighted by Gasteiger charge is -2.44. The van der Waals surface area contributed by atoms with Crippen molar-refractivity contribution in [2.45, 2.75) is 45.2 Å². The Balaban J connectivity index is 1.53. The van der Waals surface area contributed by atoms with Gasteiger partial charge in [-0.3, -0.25) is 4.48 Å². The number of anilines is 2. The molecular weight excluding hydrogens is 419 g/mol. The summed E-state index contributed by atoms with van der Waals surface area (Å²) in [5.41, 5.74) is 3.94. The average Bonchev–Trinajstić information content (AvgIpc) is 3.31. The first kappa shape index (κ1) is 21.4. The highest BCUT2D eigenvalue weighted by Gasteiger charge is 2.48. The number of nitrogens with one attached hydrogen (secondary N) is 3. The lowest BCUT2D eigenvalue weighted by molar-refractivity contribution is 0.202. The van der Waals surface area contributed by atoms with E-state index in [0.29, 0.717) is 27.8 Å². The molecule has 0 aliphatic carbocycles. The maximum absolute atomic E-state index is 12.5. The number of carbonyl (C=O) groups is 1. The van der Waals surface area contributed by atoms with Crippen molar-refractivity contribution in [1.82, 2.24) is 9.80 Å². The molecule has 160 valence electrons. The summed E-state index contributed by atoms with van der Waals surface area (Å²) < 4.78 is 1.06. The van der Waals surface area contributed by atoms with E-state index in [4.69, 9.17) is 23.2 Å². The number of likely N-dealkylation sites (tertiary alicyclic amines) is 1. The molecule has 2 saturated heterocycles. The first-order valence-electron chi connectivity index (χ1n) is 10.6. The minimum absolute atomic E-state index is 0.320. The van der Waals surface area contributed by atoms with Crippen LogP contribution < -0.4 is 20.4 Å². The van der Waals surface area contributed by atoms with Crippen LogP contribution in [0.2, 0.25) is 10.0 Å². The van der Waals surface area contributed by atoms with Crippen LogP contribution >= 0.6 is 23.2 Å². The van der Waals surface area contributed by atoms with Gasteiger partial charge in [-0.2, -0.15) is 0 Å². The van der Waals surface area contributed by atoms with Crippen molar-refractivity contribution >= 4 is 46.3 Å². The second kappa shape index (κ2) is 8.75. The minimum atomic E-state index is -0.320. The van der Waals surface area contributed by atoms with E-state index in [-0.39, 0.29) is 6.03 Å². The van der Waals surface area contributed by atoms with Crippen molar-refractivity contribution in [2.24, 2.45) is 0 Å². The molecule has 2 fully saturated rings. The van der Waals surface area contributed by atoms with E-state index in [1.807, 2.05) is 6.07 Å². The lowest BCUT2D eigenvalue weighted by Crippen LogP contribution is -2.60. The molecule has 2 heterocycles. The Kier molecular flexibility index (Phi) is 6.26. The van der Waals surface area contributed by atoms with Crippen LogP contribution in [-0.4, -0.2) is 37.7 Å². The number of nitrogens with zero attached hydrogens (tertiary/aromatic N) is 1. The monoisotopic (exact) mass is 447 g/mol. The predicted molar refractivity (Wildman–Crippen MR) is 127 cm³/mol. The SMILES string of the molecule is Cc1cc(NC(=O)Nc2cc(Cl)cc(Cl)c2)ccc1[N+]1(C2CCNC2)CCCC1C. The first-order valence-corrected chi connectivity index (χ1v) is 11.4. The molecule has 3 unspecified atom stereocenters. The number of rotatable bonds is 4. The van der Waals surface area contributed by atoms with Crippen LogP contribution in [0.4, 0.5) is 21.9 Å². The molecule has 2 aromatic carbocycles. The third kappa shape index (κ3) is 4.17. The van der Waals surface area contributed by atoms with Gasteiger partial charge >= 0.3 is 6.03 Å². The molecule has 0 saturated carbocycles. The fourth-order valence-corrected chi connectivity index (χ4v) is 5.87. The Morgan fingerprint density at radius 2 is 1.80 bits per heavy atom. The van der Waals surface area contributed by atoms with Crippen LogP contribution in [0.1, 0.15) is 31.7 Å². The zero-order chi connectivity index (χ0) is 21.3. The molecule has 0 bridgehead atoms. The topological polar surface area (TPSA) is 53.2 Å². The van der Waals surface area contributed by atoms with E-state index in [9.17, 15) is 4.79 Å². The van der Waals surface area contributed by atoms with Gasteiger partial charge in [-0.15, -0.1) is 0 Å². The van der Waals surface area contributed by atoms with Crippen LogP contribution in [-0.2, 0) is 0 Å². The molecule has 0 spiro atoms. The van der Waals surface area contributed by atoms with Gasteiger partial charge in [0.15, 0.2) is 0 Å². The minimum Gasteiger partial charge on any atom is -0.311 e. The number of aryl methyl sites for hydroxylation is 1. The van der Waals surface area contributed by atoms with E-state index >= 15 is 0 Å². The number of quaternary nitrogens is 1. The van der Waals surface area contributed by atoms with Crippen LogP contribution in [0.25, 0.3) is 0 Å². The number of urea groups is 1. The molecule has 7 heteroatoms. The molecule has 3 N–H and O–H groups in total. The number of amides is 2. The van der Waals surface area contributed by atoms with E-state index < -0.39 is 0 Å². The maximum atomic E-state index is 12.5. The van der Waals surface area contributed by atoms with Gasteiger partial charge in [0.1, 0.15) is 11.7 Å². The van der Waals surface area contributed by atoms with Crippen LogP contribution in [0, 0.1) is 6.92 Å². The molecule has 30 heavy (non-hydrogen) atoms. The zero-order valence-electron chi connectivity index (χ0n) is 17.5. The zero-order valence-corrected chi connectivity index (χ0v) is 19.0. The molecule has 3 atom stereocenters. The summed E-state index contributed by atoms with van der Waals surface area (Å²) in [6.07, 6.45) is 3.75. The molecule has 0 radical (unpaired) electrons. The molecule has 5 nitrogen and oxygen atoms in total. The highest BCUT2D eigenvalue weighted by Crippen LogP contribution is 2.41. The lowest BCUT2D eigenvalue weighted by atomic mass is 10.0. The summed E-state index contributed by atoms with van der Waals surface area (Å²) >= 11 is 12.0. The van der Waals surface area contributed by atoms with E-state index in [2.05, 4.69) is 41.9 Å². The van der Waals surface area contributed by atoms with Crippen molar-refractivity contribution in [3.63, 3.8) is 0 Å². The molecule has 0 aromatic heterocycles. The van der Waals surface area contributed by atoms with Crippen molar-refractivity contribution in [1.29, 1.82) is 0 Å². The van der Waals surface area contributed by atoms with Gasteiger partial charge in [0.05, 0.1) is 12.6 Å². The smallest absolute Gasteiger partial charge is 0.311 e. The number of benzene rings is 2. The van der Waals surface area contributed by atoms with Gasteiger partial charge in [0.25, 0.3) is 0 Å². The fourth-order valence-electron chi connectivity index (χ4n) is 5.35. The second-order valence-corrected chi connectivity index (χ2v) is 9.40. The largest absolute Gasteiger partial charge is 0.323 e. The molecule has 4 rings (SSSR count). The molecule has 2 aliphatic rings. The first-order chi connectivity index (χ1) is 14.4. The Bertz CT molecular complexity index is 925. The van der Waals surface area contributed by atoms with Gasteiger partial charge in [-0.05, 0) is 44.2 Å². The molecule has 2 aliphatic heterocycles. The van der Waals surface area contributed by atoms with Crippen molar-refractivity contribution in [2.75, 3.05) is 30.3 Å². The van der Waals surface area contributed by atoms with Gasteiger partial charge in [-0.1, -0.05) is 23.2 Å². The quantitative estimate of drug-likeness (QED) is 0.518. The number of halogens is 2. The van der Waals surface area contributed by atoms with Crippen LogP contribution in [0.3, 0.4) is 0 Å². The highest BCUT2D eigenvalue weighted by atomic mass is 35.5. The third-order valence-electron chi connectivity index (χ3n) is 6.65. The normalized spacial score (nSPS) is 26.0. The summed E-state index contributed by atoms with van der Waals surface area (Å²) in [4.78, 5) is 12.5. The Morgan fingerprint density at radius 3 is 2.40 bits per heavy atom. The highest BCUT2D eigenvalue weighted by molar-refractivity contribution is 6.35. The molecular formula is C23H29Cl2N4O+. The summed E-state index contributed by atoms with van der Waals surface area (Å²) in [6.45, 7) is 7.92.